The summed E-state index contributed by atoms with van der Waals surface area (Å²) in [5, 5.41) is 0. The molecule has 17 heavy (non-hydrogen) atoms. The highest BCUT2D eigenvalue weighted by Gasteiger charge is 2.22. The van der Waals surface area contributed by atoms with Gasteiger partial charge in [0, 0.05) is 27.3 Å². The van der Waals surface area contributed by atoms with Crippen molar-refractivity contribution < 1.29 is 9.18 Å². The second kappa shape index (κ2) is 4.00. The second-order valence-corrected chi connectivity index (χ2v) is 4.90. The van der Waals surface area contributed by atoms with E-state index in [1.807, 2.05) is 18.2 Å². The highest BCUT2D eigenvalue weighted by molar-refractivity contribution is 7.98. The molecule has 2 aromatic rings. The summed E-state index contributed by atoms with van der Waals surface area (Å²) in [5.41, 5.74) is 1.67. The zero-order valence-electron chi connectivity index (χ0n) is 8.94. The average Bonchev–Trinajstić information content (AvgIpc) is 2.50. The van der Waals surface area contributed by atoms with E-state index in [0.29, 0.717) is 22.4 Å². The lowest BCUT2D eigenvalue weighted by Gasteiger charge is -2.04. The summed E-state index contributed by atoms with van der Waals surface area (Å²) in [6, 6.07) is 12.1. The molecule has 0 N–H and O–H groups in total. The standard InChI is InChI=1S/C14H9FOS/c15-12-6-3-5-9-11(12)8-17-13-7-2-1-4-10(13)14(9)16/h1-7H,8H2. The average molecular weight is 244 g/mol. The molecule has 1 nitrogen and oxygen atoms in total. The molecule has 1 heterocycles. The molecule has 0 aliphatic carbocycles. The monoisotopic (exact) mass is 244 g/mol. The maximum atomic E-state index is 13.7. The van der Waals surface area contributed by atoms with Gasteiger partial charge in [-0.15, -0.1) is 11.8 Å². The first-order valence-corrected chi connectivity index (χ1v) is 6.30. The number of halogens is 1. The van der Waals surface area contributed by atoms with Gasteiger partial charge in [0.1, 0.15) is 5.82 Å². The lowest BCUT2D eigenvalue weighted by molar-refractivity contribution is 0.103. The highest BCUT2D eigenvalue weighted by atomic mass is 32.2. The van der Waals surface area contributed by atoms with E-state index in [2.05, 4.69) is 0 Å². The van der Waals surface area contributed by atoms with Crippen LogP contribution in [0.3, 0.4) is 0 Å². The molecule has 0 fully saturated rings. The summed E-state index contributed by atoms with van der Waals surface area (Å²) in [6.45, 7) is 0. The number of hydrogen-bond acceptors (Lipinski definition) is 2. The quantitative estimate of drug-likeness (QED) is 0.703. The third-order valence-electron chi connectivity index (χ3n) is 2.87. The van der Waals surface area contributed by atoms with Crippen molar-refractivity contribution in [2.75, 3.05) is 0 Å². The SMILES string of the molecule is O=C1c2ccccc2SCc2c(F)cccc21. The summed E-state index contributed by atoms with van der Waals surface area (Å²) in [6.07, 6.45) is 0. The van der Waals surface area contributed by atoms with Gasteiger partial charge in [0.05, 0.1) is 0 Å². The number of benzene rings is 2. The van der Waals surface area contributed by atoms with Gasteiger partial charge in [-0.3, -0.25) is 4.79 Å². The largest absolute Gasteiger partial charge is 0.289 e. The van der Waals surface area contributed by atoms with Crippen molar-refractivity contribution in [1.82, 2.24) is 0 Å². The van der Waals surface area contributed by atoms with E-state index in [4.69, 9.17) is 0 Å². The van der Waals surface area contributed by atoms with E-state index in [1.165, 1.54) is 17.8 Å². The lowest BCUT2D eigenvalue weighted by atomic mass is 9.99. The number of carbonyl (C=O) groups excluding carboxylic acids is 1. The minimum Gasteiger partial charge on any atom is -0.289 e. The van der Waals surface area contributed by atoms with Crippen molar-refractivity contribution in [3.63, 3.8) is 0 Å². The van der Waals surface area contributed by atoms with Crippen LogP contribution in [0, 0.1) is 5.82 Å². The van der Waals surface area contributed by atoms with Crippen LogP contribution >= 0.6 is 11.8 Å². The predicted octanol–water partition coefficient (Wildman–Crippen LogP) is 3.66. The summed E-state index contributed by atoms with van der Waals surface area (Å²) < 4.78 is 13.7. The number of fused-ring (bicyclic) bond motifs is 2. The van der Waals surface area contributed by atoms with Crippen LogP contribution in [0.1, 0.15) is 21.5 Å². The molecule has 0 spiro atoms. The molecule has 0 atom stereocenters. The second-order valence-electron chi connectivity index (χ2n) is 3.88. The maximum Gasteiger partial charge on any atom is 0.194 e. The maximum absolute atomic E-state index is 13.7. The topological polar surface area (TPSA) is 17.1 Å². The molecule has 0 radical (unpaired) electrons. The van der Waals surface area contributed by atoms with E-state index in [0.717, 1.165) is 4.90 Å². The van der Waals surface area contributed by atoms with Crippen molar-refractivity contribution in [3.05, 3.63) is 65.0 Å². The third-order valence-corrected chi connectivity index (χ3v) is 3.97. The zero-order valence-corrected chi connectivity index (χ0v) is 9.76. The Morgan fingerprint density at radius 1 is 1.00 bits per heavy atom. The van der Waals surface area contributed by atoms with Crippen molar-refractivity contribution in [3.8, 4) is 0 Å². The smallest absolute Gasteiger partial charge is 0.194 e. The van der Waals surface area contributed by atoms with Gasteiger partial charge < -0.3 is 0 Å². The van der Waals surface area contributed by atoms with Gasteiger partial charge in [0.25, 0.3) is 0 Å². The van der Waals surface area contributed by atoms with Crippen molar-refractivity contribution in [2.24, 2.45) is 0 Å². The Bertz CT molecular complexity index is 607. The normalized spacial score (nSPS) is 13.8. The Hall–Kier alpha value is -1.61. The Morgan fingerprint density at radius 2 is 1.76 bits per heavy atom. The number of carbonyl (C=O) groups is 1. The van der Waals surface area contributed by atoms with Crippen LogP contribution in [0.25, 0.3) is 0 Å². The molecule has 84 valence electrons. The number of rotatable bonds is 0. The van der Waals surface area contributed by atoms with Gasteiger partial charge in [-0.1, -0.05) is 24.3 Å². The molecule has 0 aromatic heterocycles. The number of hydrogen-bond donors (Lipinski definition) is 0. The highest BCUT2D eigenvalue weighted by Crippen LogP contribution is 2.34. The van der Waals surface area contributed by atoms with Crippen LogP contribution in [0.5, 0.6) is 0 Å². The van der Waals surface area contributed by atoms with Crippen LogP contribution in [-0.4, -0.2) is 5.78 Å². The summed E-state index contributed by atoms with van der Waals surface area (Å²) >= 11 is 1.51. The molecule has 2 aromatic carbocycles. The predicted molar refractivity (Wildman–Crippen MR) is 65.8 cm³/mol. The third kappa shape index (κ3) is 1.67. The molecule has 0 saturated heterocycles. The van der Waals surface area contributed by atoms with E-state index in [-0.39, 0.29) is 11.6 Å². The first-order chi connectivity index (χ1) is 8.27. The van der Waals surface area contributed by atoms with Crippen LogP contribution in [0.4, 0.5) is 4.39 Å². The fraction of sp³-hybridized carbons (Fsp3) is 0.0714. The van der Waals surface area contributed by atoms with Crippen molar-refractivity contribution >= 4 is 17.5 Å². The van der Waals surface area contributed by atoms with Crippen LogP contribution in [-0.2, 0) is 5.75 Å². The summed E-state index contributed by atoms with van der Waals surface area (Å²) in [4.78, 5) is 13.2. The molecular weight excluding hydrogens is 235 g/mol. The van der Waals surface area contributed by atoms with Gasteiger partial charge >= 0.3 is 0 Å². The van der Waals surface area contributed by atoms with Gasteiger partial charge in [-0.25, -0.2) is 4.39 Å². The van der Waals surface area contributed by atoms with Crippen LogP contribution < -0.4 is 0 Å². The van der Waals surface area contributed by atoms with E-state index in [1.54, 1.807) is 18.2 Å². The van der Waals surface area contributed by atoms with Crippen LogP contribution in [0.2, 0.25) is 0 Å². The Balaban J connectivity index is 2.24. The van der Waals surface area contributed by atoms with Gasteiger partial charge in [-0.2, -0.15) is 0 Å². The Morgan fingerprint density at radius 3 is 2.65 bits per heavy atom. The Kier molecular flexibility index (Phi) is 2.48. The van der Waals surface area contributed by atoms with Crippen molar-refractivity contribution in [1.29, 1.82) is 0 Å². The van der Waals surface area contributed by atoms with E-state index >= 15 is 0 Å². The van der Waals surface area contributed by atoms with E-state index in [9.17, 15) is 9.18 Å². The molecule has 0 saturated carbocycles. The van der Waals surface area contributed by atoms with Gasteiger partial charge in [-0.05, 0) is 18.2 Å². The van der Waals surface area contributed by atoms with Crippen molar-refractivity contribution in [2.45, 2.75) is 10.6 Å². The lowest BCUT2D eigenvalue weighted by Crippen LogP contribution is -2.04. The van der Waals surface area contributed by atoms with Gasteiger partial charge in [0.2, 0.25) is 0 Å². The fourth-order valence-corrected chi connectivity index (χ4v) is 3.08. The van der Waals surface area contributed by atoms with Crippen LogP contribution in [0.15, 0.2) is 47.4 Å². The first-order valence-electron chi connectivity index (χ1n) is 5.31. The fourth-order valence-electron chi connectivity index (χ4n) is 1.99. The molecule has 3 heteroatoms. The minimum absolute atomic E-state index is 0.0832. The van der Waals surface area contributed by atoms with Gasteiger partial charge in [0.15, 0.2) is 5.78 Å². The summed E-state index contributed by atoms with van der Waals surface area (Å²) in [5.74, 6) is 0.126. The number of ketones is 1. The Labute approximate surface area is 103 Å². The summed E-state index contributed by atoms with van der Waals surface area (Å²) in [7, 11) is 0. The molecule has 0 amide bonds. The zero-order chi connectivity index (χ0) is 11.8. The number of thioether (sulfide) groups is 1. The van der Waals surface area contributed by atoms with E-state index < -0.39 is 0 Å². The molecule has 0 unspecified atom stereocenters. The molecular formula is C14H9FOS. The minimum atomic E-state index is -0.295. The molecule has 0 bridgehead atoms. The molecule has 3 rings (SSSR count). The first kappa shape index (κ1) is 10.5. The molecule has 1 aliphatic heterocycles. The molecule has 1 aliphatic rings.